The van der Waals surface area contributed by atoms with Crippen LogP contribution < -0.4 is 0 Å². The first-order valence-electron chi connectivity index (χ1n) is 6.47. The highest BCUT2D eigenvalue weighted by atomic mass is 32.1. The van der Waals surface area contributed by atoms with E-state index in [4.69, 9.17) is 0 Å². The minimum Gasteiger partial charge on any atom is -0.299 e. The average molecular weight is 265 g/mol. The summed E-state index contributed by atoms with van der Waals surface area (Å²) in [5.74, 6) is 0.574. The Balaban J connectivity index is 1.93. The van der Waals surface area contributed by atoms with Gasteiger partial charge in [0.25, 0.3) is 0 Å². The van der Waals surface area contributed by atoms with Crippen LogP contribution in [-0.4, -0.2) is 36.1 Å². The molecule has 1 aromatic rings. The van der Waals surface area contributed by atoms with Crippen molar-refractivity contribution in [2.75, 3.05) is 19.6 Å². The minimum absolute atomic E-state index is 0.0705. The quantitative estimate of drug-likeness (QED) is 0.785. The molecule has 0 N–H and O–H groups in total. The van der Waals surface area contributed by atoms with Crippen molar-refractivity contribution in [3.8, 4) is 0 Å². The summed E-state index contributed by atoms with van der Waals surface area (Å²) in [7, 11) is 0. The molecule has 1 atom stereocenters. The number of hydrogen-bond acceptors (Lipinski definition) is 4. The van der Waals surface area contributed by atoms with Gasteiger partial charge in [-0.25, -0.2) is 0 Å². The van der Waals surface area contributed by atoms with E-state index in [-0.39, 0.29) is 11.7 Å². The number of nitrogens with zero attached hydrogens (tertiary/aromatic N) is 1. The molecule has 1 unspecified atom stereocenters. The maximum atomic E-state index is 12.1. The molecule has 98 valence electrons. The topological polar surface area (TPSA) is 37.4 Å². The molecule has 0 bridgehead atoms. The summed E-state index contributed by atoms with van der Waals surface area (Å²) in [6.07, 6.45) is 1.56. The molecule has 1 aromatic heterocycles. The van der Waals surface area contributed by atoms with Crippen LogP contribution in [0.15, 0.2) is 12.1 Å². The number of ketones is 2. The second-order valence-electron chi connectivity index (χ2n) is 4.90. The van der Waals surface area contributed by atoms with Crippen molar-refractivity contribution in [1.82, 2.24) is 4.90 Å². The lowest BCUT2D eigenvalue weighted by Gasteiger charge is -2.29. The van der Waals surface area contributed by atoms with Crippen molar-refractivity contribution in [1.29, 1.82) is 0 Å². The van der Waals surface area contributed by atoms with Gasteiger partial charge in [-0.3, -0.25) is 14.5 Å². The lowest BCUT2D eigenvalue weighted by Crippen LogP contribution is -2.42. The largest absolute Gasteiger partial charge is 0.299 e. The van der Waals surface area contributed by atoms with Crippen LogP contribution in [0.3, 0.4) is 0 Å². The van der Waals surface area contributed by atoms with Crippen LogP contribution in [0.25, 0.3) is 0 Å². The van der Waals surface area contributed by atoms with Gasteiger partial charge >= 0.3 is 0 Å². The number of piperidine rings is 1. The Morgan fingerprint density at radius 2 is 2.28 bits per heavy atom. The maximum absolute atomic E-state index is 12.1. The molecule has 0 aromatic carbocycles. The fourth-order valence-electron chi connectivity index (χ4n) is 2.24. The second kappa shape index (κ2) is 5.76. The first-order valence-corrected chi connectivity index (χ1v) is 7.28. The number of hydrogen-bond donors (Lipinski definition) is 0. The molecular weight excluding hydrogens is 246 g/mol. The van der Waals surface area contributed by atoms with Gasteiger partial charge in [0, 0.05) is 30.3 Å². The standard InChI is InChI=1S/C14H19NO2S/c1-3-11-4-5-14(18-11)13(17)9-15-7-6-12(16)10(2)8-15/h4-5,10H,3,6-9H2,1-2H3. The molecule has 1 saturated heterocycles. The van der Waals surface area contributed by atoms with Crippen LogP contribution in [0.1, 0.15) is 34.8 Å². The summed E-state index contributed by atoms with van der Waals surface area (Å²) < 4.78 is 0. The van der Waals surface area contributed by atoms with Gasteiger partial charge in [0.1, 0.15) is 5.78 Å². The zero-order chi connectivity index (χ0) is 13.1. The third-order valence-electron chi connectivity index (χ3n) is 3.41. The Morgan fingerprint density at radius 3 is 2.89 bits per heavy atom. The highest BCUT2D eigenvalue weighted by Gasteiger charge is 2.25. The highest BCUT2D eigenvalue weighted by molar-refractivity contribution is 7.14. The first kappa shape index (κ1) is 13.4. The highest BCUT2D eigenvalue weighted by Crippen LogP contribution is 2.19. The van der Waals surface area contributed by atoms with Gasteiger partial charge in [-0.2, -0.15) is 0 Å². The summed E-state index contributed by atoms with van der Waals surface area (Å²) in [6.45, 7) is 5.93. The number of aryl methyl sites for hydroxylation is 1. The van der Waals surface area contributed by atoms with E-state index in [9.17, 15) is 9.59 Å². The minimum atomic E-state index is 0.0705. The van der Waals surface area contributed by atoms with E-state index in [0.717, 1.165) is 24.4 Å². The number of likely N-dealkylation sites (tertiary alicyclic amines) is 1. The lowest BCUT2D eigenvalue weighted by molar-refractivity contribution is -0.125. The molecule has 0 aliphatic carbocycles. The lowest BCUT2D eigenvalue weighted by atomic mass is 9.98. The summed E-state index contributed by atoms with van der Waals surface area (Å²) in [4.78, 5) is 27.7. The Labute approximate surface area is 112 Å². The SMILES string of the molecule is CCc1ccc(C(=O)CN2CCC(=O)C(C)C2)s1. The normalized spacial score (nSPS) is 21.2. The molecule has 18 heavy (non-hydrogen) atoms. The van der Waals surface area contributed by atoms with Gasteiger partial charge in [0.15, 0.2) is 5.78 Å². The molecule has 3 nitrogen and oxygen atoms in total. The molecule has 1 aliphatic rings. The number of rotatable bonds is 4. The molecular formula is C14H19NO2S. The van der Waals surface area contributed by atoms with Crippen LogP contribution in [0.5, 0.6) is 0 Å². The first-order chi connectivity index (χ1) is 8.60. The van der Waals surface area contributed by atoms with Crippen LogP contribution in [0.4, 0.5) is 0 Å². The van der Waals surface area contributed by atoms with Gasteiger partial charge in [-0.05, 0) is 18.6 Å². The van der Waals surface area contributed by atoms with E-state index >= 15 is 0 Å². The Kier molecular flexibility index (Phi) is 4.30. The molecule has 2 heterocycles. The Morgan fingerprint density at radius 1 is 1.50 bits per heavy atom. The number of thiophene rings is 1. The van der Waals surface area contributed by atoms with Crippen LogP contribution in [0, 0.1) is 5.92 Å². The fourth-order valence-corrected chi connectivity index (χ4v) is 3.11. The fraction of sp³-hybridized carbons (Fsp3) is 0.571. The van der Waals surface area contributed by atoms with Crippen molar-refractivity contribution >= 4 is 22.9 Å². The van der Waals surface area contributed by atoms with E-state index in [1.807, 2.05) is 19.1 Å². The summed E-state index contributed by atoms with van der Waals surface area (Å²) in [5.41, 5.74) is 0. The Hall–Kier alpha value is -1.00. The van der Waals surface area contributed by atoms with E-state index in [1.54, 1.807) is 11.3 Å². The van der Waals surface area contributed by atoms with E-state index in [1.165, 1.54) is 4.88 Å². The second-order valence-corrected chi connectivity index (χ2v) is 6.06. The van der Waals surface area contributed by atoms with Gasteiger partial charge in [-0.15, -0.1) is 11.3 Å². The maximum Gasteiger partial charge on any atom is 0.186 e. The van der Waals surface area contributed by atoms with Gasteiger partial charge in [0.2, 0.25) is 0 Å². The van der Waals surface area contributed by atoms with Crippen LogP contribution in [-0.2, 0) is 11.2 Å². The van der Waals surface area contributed by atoms with E-state index < -0.39 is 0 Å². The summed E-state index contributed by atoms with van der Waals surface area (Å²) >= 11 is 1.59. The third-order valence-corrected chi connectivity index (χ3v) is 4.68. The third kappa shape index (κ3) is 3.06. The molecule has 0 radical (unpaired) electrons. The zero-order valence-corrected chi connectivity index (χ0v) is 11.8. The molecule has 4 heteroatoms. The van der Waals surface area contributed by atoms with E-state index in [0.29, 0.717) is 18.7 Å². The zero-order valence-electron chi connectivity index (χ0n) is 10.9. The smallest absolute Gasteiger partial charge is 0.186 e. The predicted molar refractivity (Wildman–Crippen MR) is 73.3 cm³/mol. The number of carbonyl (C=O) groups is 2. The monoisotopic (exact) mass is 265 g/mol. The molecule has 0 saturated carbocycles. The molecule has 1 fully saturated rings. The molecule has 2 rings (SSSR count). The average Bonchev–Trinajstić information content (AvgIpc) is 2.82. The summed E-state index contributed by atoms with van der Waals surface area (Å²) in [6, 6.07) is 3.95. The Bertz CT molecular complexity index is 452. The number of carbonyl (C=O) groups excluding carboxylic acids is 2. The van der Waals surface area contributed by atoms with Crippen molar-refractivity contribution in [2.45, 2.75) is 26.7 Å². The predicted octanol–water partition coefficient (Wildman–Crippen LogP) is 2.40. The molecule has 0 spiro atoms. The van der Waals surface area contributed by atoms with Crippen molar-refractivity contribution < 1.29 is 9.59 Å². The van der Waals surface area contributed by atoms with Gasteiger partial charge in [-0.1, -0.05) is 13.8 Å². The van der Waals surface area contributed by atoms with Gasteiger partial charge < -0.3 is 0 Å². The van der Waals surface area contributed by atoms with Crippen molar-refractivity contribution in [2.24, 2.45) is 5.92 Å². The van der Waals surface area contributed by atoms with Gasteiger partial charge in [0.05, 0.1) is 11.4 Å². The molecule has 0 amide bonds. The number of Topliss-reactive ketones (excluding diaryl/α,β-unsaturated/α-hetero) is 2. The summed E-state index contributed by atoms with van der Waals surface area (Å²) in [5, 5.41) is 0. The van der Waals surface area contributed by atoms with Crippen molar-refractivity contribution in [3.63, 3.8) is 0 Å². The molecule has 1 aliphatic heterocycles. The van der Waals surface area contributed by atoms with Crippen LogP contribution in [0.2, 0.25) is 0 Å². The van der Waals surface area contributed by atoms with E-state index in [2.05, 4.69) is 11.8 Å². The van der Waals surface area contributed by atoms with Crippen molar-refractivity contribution in [3.05, 3.63) is 21.9 Å². The van der Waals surface area contributed by atoms with Crippen LogP contribution >= 0.6 is 11.3 Å².